The molecule has 1 atom stereocenters. The van der Waals surface area contributed by atoms with Gasteiger partial charge in [0.15, 0.2) is 0 Å². The van der Waals surface area contributed by atoms with Crippen molar-refractivity contribution in [3.63, 3.8) is 0 Å². The van der Waals surface area contributed by atoms with Crippen LogP contribution in [0.5, 0.6) is 0 Å². The molecule has 1 aromatic carbocycles. The molecule has 5 heteroatoms. The van der Waals surface area contributed by atoms with E-state index in [2.05, 4.69) is 5.32 Å². The van der Waals surface area contributed by atoms with Crippen molar-refractivity contribution in [1.29, 1.82) is 0 Å². The van der Waals surface area contributed by atoms with E-state index < -0.39 is 5.97 Å². The van der Waals surface area contributed by atoms with Crippen LogP contribution in [-0.2, 0) is 0 Å². The first-order valence-electron chi connectivity index (χ1n) is 5.41. The van der Waals surface area contributed by atoms with Crippen molar-refractivity contribution in [2.75, 3.05) is 5.32 Å². The van der Waals surface area contributed by atoms with Gasteiger partial charge in [0, 0.05) is 5.69 Å². The molecular weight excluding hydrogens is 237 g/mol. The molecule has 4 nitrogen and oxygen atoms in total. The van der Waals surface area contributed by atoms with Crippen molar-refractivity contribution >= 4 is 11.7 Å². The maximum atomic E-state index is 13.0. The molecule has 2 rings (SSSR count). The molecule has 0 bridgehead atoms. The molecule has 1 heterocycles. The predicted octanol–water partition coefficient (Wildman–Crippen LogP) is 3.29. The second-order valence-electron chi connectivity index (χ2n) is 3.88. The Balaban J connectivity index is 2.11. The number of benzene rings is 1. The molecule has 0 spiro atoms. The molecule has 1 unspecified atom stereocenters. The highest BCUT2D eigenvalue weighted by Crippen LogP contribution is 2.21. The van der Waals surface area contributed by atoms with E-state index in [4.69, 9.17) is 9.52 Å². The number of anilines is 1. The third kappa shape index (κ3) is 2.68. The highest BCUT2D eigenvalue weighted by molar-refractivity contribution is 5.84. The number of hydrogen-bond donors (Lipinski definition) is 2. The minimum absolute atomic E-state index is 0.113. The number of rotatable bonds is 4. The molecule has 1 aromatic heterocycles. The summed E-state index contributed by atoms with van der Waals surface area (Å²) < 4.78 is 18.1. The predicted molar refractivity (Wildman–Crippen MR) is 64.1 cm³/mol. The summed E-state index contributed by atoms with van der Waals surface area (Å²) in [5, 5.41) is 11.8. The van der Waals surface area contributed by atoms with Crippen LogP contribution in [0.25, 0.3) is 0 Å². The molecule has 2 N–H and O–H groups in total. The van der Waals surface area contributed by atoms with Crippen LogP contribution < -0.4 is 5.32 Å². The SMILES string of the molecule is CC(Nc1cccc(F)c1)c1ccc(C(=O)O)o1. The zero-order chi connectivity index (χ0) is 13.1. The van der Waals surface area contributed by atoms with Gasteiger partial charge >= 0.3 is 5.97 Å². The zero-order valence-electron chi connectivity index (χ0n) is 9.68. The highest BCUT2D eigenvalue weighted by atomic mass is 19.1. The van der Waals surface area contributed by atoms with Gasteiger partial charge in [0.2, 0.25) is 5.76 Å². The first-order valence-corrected chi connectivity index (χ1v) is 5.41. The molecule has 0 saturated carbocycles. The van der Waals surface area contributed by atoms with Gasteiger partial charge in [0.1, 0.15) is 11.6 Å². The summed E-state index contributed by atoms with van der Waals surface area (Å²) >= 11 is 0. The lowest BCUT2D eigenvalue weighted by molar-refractivity contribution is 0.0660. The van der Waals surface area contributed by atoms with Gasteiger partial charge in [-0.3, -0.25) is 0 Å². The topological polar surface area (TPSA) is 62.5 Å². The Labute approximate surface area is 103 Å². The number of carbonyl (C=O) groups is 1. The standard InChI is InChI=1S/C13H12FNO3/c1-8(11-5-6-12(18-11)13(16)17)15-10-4-2-3-9(14)7-10/h2-8,15H,1H3,(H,16,17). The van der Waals surface area contributed by atoms with Crippen LogP contribution in [0.2, 0.25) is 0 Å². The summed E-state index contributed by atoms with van der Waals surface area (Å²) in [6, 6.07) is 8.75. The molecule has 0 aliphatic heterocycles. The fraction of sp³-hybridized carbons (Fsp3) is 0.154. The summed E-state index contributed by atoms with van der Waals surface area (Å²) in [5.74, 6) is -1.08. The van der Waals surface area contributed by atoms with E-state index in [1.165, 1.54) is 18.2 Å². The van der Waals surface area contributed by atoms with Gasteiger partial charge in [-0.25, -0.2) is 9.18 Å². The lowest BCUT2D eigenvalue weighted by atomic mass is 10.2. The maximum absolute atomic E-state index is 13.0. The van der Waals surface area contributed by atoms with Crippen LogP contribution in [-0.4, -0.2) is 11.1 Å². The lowest BCUT2D eigenvalue weighted by Gasteiger charge is -2.12. The molecule has 94 valence electrons. The van der Waals surface area contributed by atoms with Gasteiger partial charge in [-0.15, -0.1) is 0 Å². The van der Waals surface area contributed by atoms with E-state index in [1.54, 1.807) is 25.1 Å². The van der Waals surface area contributed by atoms with Crippen molar-refractivity contribution in [2.45, 2.75) is 13.0 Å². The van der Waals surface area contributed by atoms with E-state index in [-0.39, 0.29) is 17.6 Å². The van der Waals surface area contributed by atoms with Crippen LogP contribution in [0.15, 0.2) is 40.8 Å². The van der Waals surface area contributed by atoms with Crippen molar-refractivity contribution in [2.24, 2.45) is 0 Å². The maximum Gasteiger partial charge on any atom is 0.371 e. The quantitative estimate of drug-likeness (QED) is 0.872. The fourth-order valence-electron chi connectivity index (χ4n) is 1.60. The van der Waals surface area contributed by atoms with Gasteiger partial charge in [0.05, 0.1) is 6.04 Å². The average Bonchev–Trinajstić information content (AvgIpc) is 2.78. The van der Waals surface area contributed by atoms with Crippen LogP contribution in [0.3, 0.4) is 0 Å². The number of halogens is 1. The van der Waals surface area contributed by atoms with Gasteiger partial charge in [-0.05, 0) is 37.3 Å². The second-order valence-corrected chi connectivity index (χ2v) is 3.88. The molecule has 0 aliphatic rings. The normalized spacial score (nSPS) is 12.1. The van der Waals surface area contributed by atoms with Gasteiger partial charge in [0.25, 0.3) is 0 Å². The Hall–Kier alpha value is -2.30. The molecule has 18 heavy (non-hydrogen) atoms. The number of carboxylic acid groups (broad SMARTS) is 1. The molecule has 0 radical (unpaired) electrons. The summed E-state index contributed by atoms with van der Waals surface area (Å²) in [6.07, 6.45) is 0. The monoisotopic (exact) mass is 249 g/mol. The van der Waals surface area contributed by atoms with Gasteiger partial charge in [-0.1, -0.05) is 6.07 Å². The van der Waals surface area contributed by atoms with E-state index in [9.17, 15) is 9.18 Å². The molecule has 0 fully saturated rings. The third-order valence-corrected chi connectivity index (χ3v) is 2.47. The smallest absolute Gasteiger partial charge is 0.371 e. The van der Waals surface area contributed by atoms with Crippen molar-refractivity contribution in [3.8, 4) is 0 Å². The zero-order valence-corrected chi connectivity index (χ0v) is 9.68. The van der Waals surface area contributed by atoms with Gasteiger partial charge in [-0.2, -0.15) is 0 Å². The highest BCUT2D eigenvalue weighted by Gasteiger charge is 2.14. The minimum atomic E-state index is -1.11. The Kier molecular flexibility index (Phi) is 3.32. The van der Waals surface area contributed by atoms with Crippen molar-refractivity contribution in [1.82, 2.24) is 0 Å². The Morgan fingerprint density at radius 1 is 1.39 bits per heavy atom. The van der Waals surface area contributed by atoms with Crippen LogP contribution in [0, 0.1) is 5.82 Å². The number of hydrogen-bond acceptors (Lipinski definition) is 3. The first kappa shape index (κ1) is 12.2. The van der Waals surface area contributed by atoms with Crippen LogP contribution in [0.4, 0.5) is 10.1 Å². The summed E-state index contributed by atoms with van der Waals surface area (Å²) in [6.45, 7) is 1.80. The van der Waals surface area contributed by atoms with E-state index in [0.717, 1.165) is 0 Å². The van der Waals surface area contributed by atoms with E-state index >= 15 is 0 Å². The average molecular weight is 249 g/mol. The summed E-state index contributed by atoms with van der Waals surface area (Å²) in [7, 11) is 0. The molecule has 0 amide bonds. The first-order chi connectivity index (χ1) is 8.56. The number of nitrogens with one attached hydrogen (secondary N) is 1. The third-order valence-electron chi connectivity index (χ3n) is 2.47. The lowest BCUT2D eigenvalue weighted by Crippen LogP contribution is -2.05. The second kappa shape index (κ2) is 4.91. The van der Waals surface area contributed by atoms with Crippen molar-refractivity contribution in [3.05, 3.63) is 53.7 Å². The Morgan fingerprint density at radius 3 is 2.78 bits per heavy atom. The van der Waals surface area contributed by atoms with Crippen LogP contribution in [0.1, 0.15) is 29.3 Å². The number of aromatic carboxylic acids is 1. The van der Waals surface area contributed by atoms with E-state index in [0.29, 0.717) is 11.4 Å². The van der Waals surface area contributed by atoms with Gasteiger partial charge < -0.3 is 14.8 Å². The summed E-state index contributed by atoms with van der Waals surface area (Å²) in [5.41, 5.74) is 0.607. The molecule has 2 aromatic rings. The molecule has 0 saturated heterocycles. The molecule has 0 aliphatic carbocycles. The van der Waals surface area contributed by atoms with E-state index in [1.807, 2.05) is 0 Å². The Bertz CT molecular complexity index is 565. The fourth-order valence-corrected chi connectivity index (χ4v) is 1.60. The largest absolute Gasteiger partial charge is 0.475 e. The number of carboxylic acids is 1. The van der Waals surface area contributed by atoms with Crippen LogP contribution >= 0.6 is 0 Å². The van der Waals surface area contributed by atoms with Crippen molar-refractivity contribution < 1.29 is 18.7 Å². The molecular formula is C13H12FNO3. The Morgan fingerprint density at radius 2 is 2.17 bits per heavy atom. The minimum Gasteiger partial charge on any atom is -0.475 e. The number of furan rings is 1. The summed E-state index contributed by atoms with van der Waals surface area (Å²) in [4.78, 5) is 10.7.